The van der Waals surface area contributed by atoms with Crippen LogP contribution in [0.4, 0.5) is 11.4 Å². The fourth-order valence-electron chi connectivity index (χ4n) is 1.15. The molecule has 2 nitrogen and oxygen atoms in total. The van der Waals surface area contributed by atoms with Crippen molar-refractivity contribution in [3.05, 3.63) is 24.3 Å². The first-order chi connectivity index (χ1) is 6.24. The fourth-order valence-corrected chi connectivity index (χ4v) is 1.15. The van der Waals surface area contributed by atoms with Gasteiger partial charge in [-0.2, -0.15) is 0 Å². The number of benzene rings is 1. The molecular weight excluding hydrogens is 160 g/mol. The molecule has 0 saturated heterocycles. The summed E-state index contributed by atoms with van der Waals surface area (Å²) in [5.41, 5.74) is 2.44. The van der Waals surface area contributed by atoms with Crippen LogP contribution in [0.15, 0.2) is 24.3 Å². The molecule has 1 rings (SSSR count). The van der Waals surface area contributed by atoms with Crippen molar-refractivity contribution in [3.63, 3.8) is 0 Å². The molecular formula is C11H18N2. The molecule has 0 heterocycles. The summed E-state index contributed by atoms with van der Waals surface area (Å²) in [7, 11) is 4.10. The van der Waals surface area contributed by atoms with Gasteiger partial charge in [-0.3, -0.25) is 0 Å². The first-order valence-corrected chi connectivity index (χ1v) is 4.75. The maximum absolute atomic E-state index is 3.34. The van der Waals surface area contributed by atoms with Crippen LogP contribution in [-0.4, -0.2) is 20.6 Å². The van der Waals surface area contributed by atoms with Gasteiger partial charge < -0.3 is 10.2 Å². The Morgan fingerprint density at radius 3 is 2.23 bits per heavy atom. The third-order valence-electron chi connectivity index (χ3n) is 1.96. The predicted octanol–water partition coefficient (Wildman–Crippen LogP) is 2.57. The largest absolute Gasteiger partial charge is 0.385 e. The molecule has 0 aliphatic rings. The van der Waals surface area contributed by atoms with Crippen LogP contribution in [0, 0.1) is 0 Å². The van der Waals surface area contributed by atoms with Crippen molar-refractivity contribution in [3.8, 4) is 0 Å². The molecule has 0 aromatic heterocycles. The Balaban J connectivity index is 2.59. The topological polar surface area (TPSA) is 15.3 Å². The minimum absolute atomic E-state index is 1.04. The molecule has 2 heteroatoms. The quantitative estimate of drug-likeness (QED) is 0.762. The summed E-state index contributed by atoms with van der Waals surface area (Å²) in [5, 5.41) is 3.34. The number of nitrogens with one attached hydrogen (secondary N) is 1. The first-order valence-electron chi connectivity index (χ1n) is 4.75. The molecule has 0 spiro atoms. The summed E-state index contributed by atoms with van der Waals surface area (Å²) in [5.74, 6) is 0. The summed E-state index contributed by atoms with van der Waals surface area (Å²) in [6.45, 7) is 3.21. The second kappa shape index (κ2) is 4.75. The Morgan fingerprint density at radius 2 is 1.77 bits per heavy atom. The summed E-state index contributed by atoms with van der Waals surface area (Å²) < 4.78 is 0. The van der Waals surface area contributed by atoms with Crippen LogP contribution in [0.1, 0.15) is 13.3 Å². The molecule has 1 aromatic carbocycles. The van der Waals surface area contributed by atoms with Gasteiger partial charge in [0.2, 0.25) is 0 Å². The highest BCUT2D eigenvalue weighted by atomic mass is 15.1. The van der Waals surface area contributed by atoms with Crippen molar-refractivity contribution in [2.24, 2.45) is 0 Å². The number of nitrogens with zero attached hydrogens (tertiary/aromatic N) is 1. The molecule has 72 valence electrons. The van der Waals surface area contributed by atoms with E-state index < -0.39 is 0 Å². The molecule has 0 aliphatic heterocycles. The van der Waals surface area contributed by atoms with Crippen LogP contribution >= 0.6 is 0 Å². The second-order valence-corrected chi connectivity index (χ2v) is 3.37. The lowest BCUT2D eigenvalue weighted by atomic mass is 10.2. The molecule has 0 fully saturated rings. The zero-order chi connectivity index (χ0) is 9.68. The van der Waals surface area contributed by atoms with Crippen molar-refractivity contribution in [2.45, 2.75) is 13.3 Å². The summed E-state index contributed by atoms with van der Waals surface area (Å²) in [6, 6.07) is 8.48. The van der Waals surface area contributed by atoms with Gasteiger partial charge in [0, 0.05) is 32.0 Å². The van der Waals surface area contributed by atoms with Gasteiger partial charge in [0.15, 0.2) is 0 Å². The fraction of sp³-hybridized carbons (Fsp3) is 0.455. The molecule has 1 N–H and O–H groups in total. The monoisotopic (exact) mass is 178 g/mol. The molecule has 0 saturated carbocycles. The van der Waals surface area contributed by atoms with Crippen LogP contribution in [0.25, 0.3) is 0 Å². The van der Waals surface area contributed by atoms with Gasteiger partial charge >= 0.3 is 0 Å². The Hall–Kier alpha value is -1.18. The third-order valence-corrected chi connectivity index (χ3v) is 1.96. The Morgan fingerprint density at radius 1 is 1.15 bits per heavy atom. The van der Waals surface area contributed by atoms with E-state index in [1.165, 1.54) is 11.4 Å². The van der Waals surface area contributed by atoms with E-state index in [0.29, 0.717) is 0 Å². The highest BCUT2D eigenvalue weighted by Crippen LogP contribution is 2.15. The highest BCUT2D eigenvalue weighted by Gasteiger charge is 1.94. The van der Waals surface area contributed by atoms with Gasteiger partial charge in [0.1, 0.15) is 0 Å². The highest BCUT2D eigenvalue weighted by molar-refractivity contribution is 5.54. The van der Waals surface area contributed by atoms with E-state index in [4.69, 9.17) is 0 Å². The van der Waals surface area contributed by atoms with Gasteiger partial charge in [0.25, 0.3) is 0 Å². The molecule has 0 aliphatic carbocycles. The van der Waals surface area contributed by atoms with Crippen molar-refractivity contribution in [1.29, 1.82) is 0 Å². The van der Waals surface area contributed by atoms with Crippen molar-refractivity contribution >= 4 is 11.4 Å². The molecule has 0 radical (unpaired) electrons. The number of hydrogen-bond donors (Lipinski definition) is 1. The Kier molecular flexibility index (Phi) is 3.62. The predicted molar refractivity (Wildman–Crippen MR) is 59.5 cm³/mol. The zero-order valence-electron chi connectivity index (χ0n) is 8.67. The lowest BCUT2D eigenvalue weighted by Crippen LogP contribution is -2.08. The summed E-state index contributed by atoms with van der Waals surface area (Å²) in [6.07, 6.45) is 1.16. The maximum atomic E-state index is 3.34. The van der Waals surface area contributed by atoms with Crippen LogP contribution in [-0.2, 0) is 0 Å². The first kappa shape index (κ1) is 9.90. The molecule has 13 heavy (non-hydrogen) atoms. The lowest BCUT2D eigenvalue weighted by Gasteiger charge is -2.13. The average molecular weight is 178 g/mol. The molecule has 0 amide bonds. The smallest absolute Gasteiger partial charge is 0.0362 e. The average Bonchev–Trinajstić information content (AvgIpc) is 2.15. The maximum Gasteiger partial charge on any atom is 0.0362 e. The Bertz CT molecular complexity index is 239. The minimum Gasteiger partial charge on any atom is -0.385 e. The standard InChI is InChI=1S/C11H18N2/c1-4-9-12-10-5-7-11(8-6-10)13(2)3/h5-8,12H,4,9H2,1-3H3. The zero-order valence-corrected chi connectivity index (χ0v) is 8.67. The van der Waals surface area contributed by atoms with Crippen molar-refractivity contribution < 1.29 is 0 Å². The normalized spacial score (nSPS) is 9.77. The summed E-state index contributed by atoms with van der Waals surface area (Å²) in [4.78, 5) is 2.10. The van der Waals surface area contributed by atoms with E-state index in [2.05, 4.69) is 55.5 Å². The van der Waals surface area contributed by atoms with E-state index in [1.54, 1.807) is 0 Å². The van der Waals surface area contributed by atoms with Crippen molar-refractivity contribution in [2.75, 3.05) is 30.9 Å². The Labute approximate surface area is 80.6 Å². The van der Waals surface area contributed by atoms with Crippen LogP contribution < -0.4 is 10.2 Å². The van der Waals surface area contributed by atoms with E-state index >= 15 is 0 Å². The van der Waals surface area contributed by atoms with Crippen LogP contribution in [0.5, 0.6) is 0 Å². The molecule has 0 bridgehead atoms. The molecule has 0 atom stereocenters. The van der Waals surface area contributed by atoms with E-state index in [-0.39, 0.29) is 0 Å². The SMILES string of the molecule is CCCNc1ccc(N(C)C)cc1. The summed E-state index contributed by atoms with van der Waals surface area (Å²) >= 11 is 0. The van der Waals surface area contributed by atoms with E-state index in [9.17, 15) is 0 Å². The second-order valence-electron chi connectivity index (χ2n) is 3.37. The molecule has 0 unspecified atom stereocenters. The van der Waals surface area contributed by atoms with E-state index in [0.717, 1.165) is 13.0 Å². The van der Waals surface area contributed by atoms with Gasteiger partial charge in [-0.1, -0.05) is 6.92 Å². The van der Waals surface area contributed by atoms with Crippen LogP contribution in [0.3, 0.4) is 0 Å². The van der Waals surface area contributed by atoms with Gasteiger partial charge in [0.05, 0.1) is 0 Å². The number of rotatable bonds is 4. The molecule has 1 aromatic rings. The number of hydrogen-bond acceptors (Lipinski definition) is 2. The van der Waals surface area contributed by atoms with Gasteiger partial charge in [-0.25, -0.2) is 0 Å². The minimum atomic E-state index is 1.04. The lowest BCUT2D eigenvalue weighted by molar-refractivity contribution is 0.979. The van der Waals surface area contributed by atoms with Crippen molar-refractivity contribution in [1.82, 2.24) is 0 Å². The van der Waals surface area contributed by atoms with Gasteiger partial charge in [-0.05, 0) is 30.7 Å². The number of anilines is 2. The van der Waals surface area contributed by atoms with Gasteiger partial charge in [-0.15, -0.1) is 0 Å². The van der Waals surface area contributed by atoms with E-state index in [1.807, 2.05) is 0 Å². The third kappa shape index (κ3) is 2.98. The van der Waals surface area contributed by atoms with Crippen LogP contribution in [0.2, 0.25) is 0 Å².